The van der Waals surface area contributed by atoms with Crippen LogP contribution in [-0.2, 0) is 16.1 Å². The van der Waals surface area contributed by atoms with E-state index in [4.69, 9.17) is 15.2 Å². The second-order valence-electron chi connectivity index (χ2n) is 5.99. The zero-order valence-electron chi connectivity index (χ0n) is 16.2. The van der Waals surface area contributed by atoms with E-state index in [9.17, 15) is 4.79 Å². The minimum Gasteiger partial charge on any atom is -0.494 e. The molecule has 0 radical (unpaired) electrons. The molecule has 0 aliphatic heterocycles. The van der Waals surface area contributed by atoms with Gasteiger partial charge in [0.2, 0.25) is 0 Å². The first-order chi connectivity index (χ1) is 12.6. The number of nitrogens with one attached hydrogen (secondary N) is 1. The lowest BCUT2D eigenvalue weighted by Gasteiger charge is -2.10. The lowest BCUT2D eigenvalue weighted by atomic mass is 10.1. The van der Waals surface area contributed by atoms with E-state index < -0.39 is 0 Å². The third kappa shape index (κ3) is 8.72. The molecule has 0 heterocycles. The Morgan fingerprint density at radius 1 is 1.23 bits per heavy atom. The molecule has 0 bridgehead atoms. The van der Waals surface area contributed by atoms with Gasteiger partial charge in [-0.15, -0.1) is 0 Å². The first-order valence-corrected chi connectivity index (χ1v) is 9.29. The first-order valence-electron chi connectivity index (χ1n) is 9.29. The van der Waals surface area contributed by atoms with Crippen LogP contribution in [0.1, 0.15) is 45.6 Å². The van der Waals surface area contributed by atoms with Gasteiger partial charge in [-0.25, -0.2) is 0 Å². The van der Waals surface area contributed by atoms with Gasteiger partial charge in [0.1, 0.15) is 5.75 Å². The maximum absolute atomic E-state index is 12.3. The van der Waals surface area contributed by atoms with Gasteiger partial charge in [-0.3, -0.25) is 4.79 Å². The highest BCUT2D eigenvalue weighted by atomic mass is 16.5. The fourth-order valence-corrected chi connectivity index (χ4v) is 2.29. The molecule has 0 fully saturated rings. The molecule has 0 saturated carbocycles. The fraction of sp³-hybridized carbons (Fsp3) is 0.476. The maximum Gasteiger partial charge on any atom is 0.253 e. The number of benzene rings is 1. The van der Waals surface area contributed by atoms with Gasteiger partial charge in [0.25, 0.3) is 5.91 Å². The van der Waals surface area contributed by atoms with Crippen LogP contribution in [0.15, 0.2) is 47.7 Å². The summed E-state index contributed by atoms with van der Waals surface area (Å²) >= 11 is 0. The van der Waals surface area contributed by atoms with E-state index in [0.717, 1.165) is 43.8 Å². The zero-order chi connectivity index (χ0) is 19.2. The number of ether oxygens (including phenoxy) is 2. The summed E-state index contributed by atoms with van der Waals surface area (Å²) in [4.78, 5) is 12.3. The average molecular weight is 360 g/mol. The fourth-order valence-electron chi connectivity index (χ4n) is 2.29. The molecule has 0 aromatic heterocycles. The van der Waals surface area contributed by atoms with E-state index >= 15 is 0 Å². The molecule has 144 valence electrons. The third-order valence-corrected chi connectivity index (χ3v) is 3.70. The molecule has 0 spiro atoms. The Balaban J connectivity index is 2.49. The van der Waals surface area contributed by atoms with Gasteiger partial charge in [-0.1, -0.05) is 31.2 Å². The second kappa shape index (κ2) is 13.0. The molecule has 1 amide bonds. The molecule has 3 N–H and O–H groups in total. The number of carbonyl (C=O) groups excluding carboxylic acids is 1. The highest BCUT2D eigenvalue weighted by Crippen LogP contribution is 2.14. The Hall–Kier alpha value is -2.27. The molecule has 26 heavy (non-hydrogen) atoms. The summed E-state index contributed by atoms with van der Waals surface area (Å²) in [6.07, 6.45) is 6.49. The van der Waals surface area contributed by atoms with E-state index in [1.54, 1.807) is 13.0 Å². The predicted octanol–water partition coefficient (Wildman–Crippen LogP) is 3.70. The van der Waals surface area contributed by atoms with Gasteiger partial charge in [0, 0.05) is 25.5 Å². The summed E-state index contributed by atoms with van der Waals surface area (Å²) in [6, 6.07) is 7.76. The van der Waals surface area contributed by atoms with Crippen molar-refractivity contribution in [1.82, 2.24) is 5.32 Å². The first kappa shape index (κ1) is 21.8. The zero-order valence-corrected chi connectivity index (χ0v) is 16.2. The maximum atomic E-state index is 12.3. The minimum absolute atomic E-state index is 0.169. The molecule has 0 aliphatic carbocycles. The topological polar surface area (TPSA) is 73.6 Å². The number of carbonyl (C=O) groups is 1. The number of allylic oxidation sites excluding steroid dienone is 2. The Bertz CT molecular complexity index is 605. The van der Waals surface area contributed by atoms with Crippen LogP contribution in [0.3, 0.4) is 0 Å². The summed E-state index contributed by atoms with van der Waals surface area (Å²) in [5.41, 5.74) is 7.81. The molecule has 0 unspecified atom stereocenters. The molecule has 1 aromatic rings. The normalized spacial score (nSPS) is 12.1. The number of hydrogen-bond acceptors (Lipinski definition) is 4. The van der Waals surface area contributed by atoms with Gasteiger partial charge in [0.05, 0.1) is 12.2 Å². The number of rotatable bonds is 12. The lowest BCUT2D eigenvalue weighted by Crippen LogP contribution is -2.25. The Kier molecular flexibility index (Phi) is 10.9. The predicted molar refractivity (Wildman–Crippen MR) is 106 cm³/mol. The van der Waals surface area contributed by atoms with E-state index in [-0.39, 0.29) is 5.91 Å². The summed E-state index contributed by atoms with van der Waals surface area (Å²) in [5, 5.41) is 2.91. The smallest absolute Gasteiger partial charge is 0.253 e. The standard InChI is InChI=1S/C21H32N2O3/c1-4-6-12-20(17(3)22)21(24)23-16-18-10-9-11-19(15-18)26-14-8-7-13-25-5-2/h6,9-12,15H,4-5,7-8,13-14,16,22H2,1-3H3,(H,23,24)/b12-6-,20-17-. The number of nitrogens with two attached hydrogens (primary N) is 1. The van der Waals surface area contributed by atoms with Gasteiger partial charge in [-0.2, -0.15) is 0 Å². The molecule has 1 aromatic carbocycles. The molecule has 1 rings (SSSR count). The van der Waals surface area contributed by atoms with E-state index in [2.05, 4.69) is 5.32 Å². The average Bonchev–Trinajstić information content (AvgIpc) is 2.63. The molecular formula is C21H32N2O3. The number of amides is 1. The number of hydrogen-bond donors (Lipinski definition) is 2. The van der Waals surface area contributed by atoms with Crippen LogP contribution in [0.2, 0.25) is 0 Å². The molecule has 0 saturated heterocycles. The monoisotopic (exact) mass is 360 g/mol. The highest BCUT2D eigenvalue weighted by Gasteiger charge is 2.08. The van der Waals surface area contributed by atoms with Gasteiger partial charge >= 0.3 is 0 Å². The van der Waals surface area contributed by atoms with Crippen molar-refractivity contribution in [3.8, 4) is 5.75 Å². The van der Waals surface area contributed by atoms with Crippen LogP contribution in [0.4, 0.5) is 0 Å². The van der Waals surface area contributed by atoms with Crippen LogP contribution in [0.25, 0.3) is 0 Å². The van der Waals surface area contributed by atoms with Crippen molar-refractivity contribution in [1.29, 1.82) is 0 Å². The van der Waals surface area contributed by atoms with Crippen molar-refractivity contribution in [3.05, 3.63) is 53.3 Å². The largest absolute Gasteiger partial charge is 0.494 e. The molecular weight excluding hydrogens is 328 g/mol. The van der Waals surface area contributed by atoms with Crippen molar-refractivity contribution < 1.29 is 14.3 Å². The summed E-state index contributed by atoms with van der Waals surface area (Å²) in [7, 11) is 0. The van der Waals surface area contributed by atoms with E-state index in [0.29, 0.717) is 24.4 Å². The Morgan fingerprint density at radius 2 is 2.00 bits per heavy atom. The van der Waals surface area contributed by atoms with Gasteiger partial charge in [0.15, 0.2) is 0 Å². The van der Waals surface area contributed by atoms with Gasteiger partial charge < -0.3 is 20.5 Å². The highest BCUT2D eigenvalue weighted by molar-refractivity contribution is 5.96. The van der Waals surface area contributed by atoms with Crippen molar-refractivity contribution in [2.45, 2.75) is 46.6 Å². The minimum atomic E-state index is -0.169. The molecule has 5 nitrogen and oxygen atoms in total. The van der Waals surface area contributed by atoms with Gasteiger partial charge in [-0.05, 0) is 50.8 Å². The van der Waals surface area contributed by atoms with E-state index in [1.165, 1.54) is 0 Å². The van der Waals surface area contributed by atoms with Crippen molar-refractivity contribution in [3.63, 3.8) is 0 Å². The second-order valence-corrected chi connectivity index (χ2v) is 5.99. The Morgan fingerprint density at radius 3 is 2.69 bits per heavy atom. The molecule has 0 aliphatic rings. The van der Waals surface area contributed by atoms with E-state index in [1.807, 2.05) is 44.2 Å². The summed E-state index contributed by atoms with van der Waals surface area (Å²) in [6.45, 7) is 8.35. The van der Waals surface area contributed by atoms with Crippen molar-refractivity contribution >= 4 is 5.91 Å². The summed E-state index contributed by atoms with van der Waals surface area (Å²) in [5.74, 6) is 0.641. The third-order valence-electron chi connectivity index (χ3n) is 3.70. The lowest BCUT2D eigenvalue weighted by molar-refractivity contribution is -0.117. The van der Waals surface area contributed by atoms with Crippen LogP contribution in [0, 0.1) is 0 Å². The SMILES string of the molecule is CC/C=C\C(C(=O)NCc1cccc(OCCCCOCC)c1)=C(/C)N. The summed E-state index contributed by atoms with van der Waals surface area (Å²) < 4.78 is 11.1. The Labute approximate surface area is 157 Å². The van der Waals surface area contributed by atoms with Crippen molar-refractivity contribution in [2.75, 3.05) is 19.8 Å². The van der Waals surface area contributed by atoms with Crippen molar-refractivity contribution in [2.24, 2.45) is 5.73 Å². The number of unbranched alkanes of at least 4 members (excludes halogenated alkanes) is 1. The molecule has 0 atom stereocenters. The van der Waals surface area contributed by atoms with Crippen LogP contribution >= 0.6 is 0 Å². The molecule has 5 heteroatoms. The van der Waals surface area contributed by atoms with Crippen LogP contribution < -0.4 is 15.8 Å². The van der Waals surface area contributed by atoms with Crippen LogP contribution in [0.5, 0.6) is 5.75 Å². The van der Waals surface area contributed by atoms with Crippen LogP contribution in [-0.4, -0.2) is 25.7 Å². The quantitative estimate of drug-likeness (QED) is 0.339.